The van der Waals surface area contributed by atoms with Crippen molar-refractivity contribution in [3.05, 3.63) is 0 Å². The molecule has 5 heteroatoms. The first-order valence-corrected chi connectivity index (χ1v) is 7.28. The topological polar surface area (TPSA) is 58.6 Å². The lowest BCUT2D eigenvalue weighted by molar-refractivity contribution is -0.151. The van der Waals surface area contributed by atoms with Crippen LogP contribution in [-0.4, -0.2) is 48.6 Å². The molecular formula is C14H22N2O3. The van der Waals surface area contributed by atoms with Crippen molar-refractivity contribution < 1.29 is 14.3 Å². The van der Waals surface area contributed by atoms with E-state index >= 15 is 0 Å². The van der Waals surface area contributed by atoms with E-state index in [4.69, 9.17) is 4.74 Å². The second-order valence-corrected chi connectivity index (χ2v) is 6.27. The van der Waals surface area contributed by atoms with E-state index in [1.807, 2.05) is 6.92 Å². The van der Waals surface area contributed by atoms with Gasteiger partial charge in [-0.1, -0.05) is 0 Å². The number of piperazine rings is 1. The van der Waals surface area contributed by atoms with Gasteiger partial charge in [0, 0.05) is 19.8 Å². The number of carbonyl (C=O) groups is 2. The van der Waals surface area contributed by atoms with Crippen LogP contribution in [0.2, 0.25) is 0 Å². The number of nitrogens with one attached hydrogen (secondary N) is 1. The van der Waals surface area contributed by atoms with Crippen molar-refractivity contribution in [1.29, 1.82) is 0 Å². The third-order valence-electron chi connectivity index (χ3n) is 4.68. The Balaban J connectivity index is 1.69. The summed E-state index contributed by atoms with van der Waals surface area (Å²) in [4.78, 5) is 26.3. The Labute approximate surface area is 113 Å². The fraction of sp³-hybridized carbons (Fsp3) is 0.857. The molecule has 2 saturated heterocycles. The van der Waals surface area contributed by atoms with Gasteiger partial charge in [0.15, 0.2) is 0 Å². The Bertz CT molecular complexity index is 388. The quantitative estimate of drug-likeness (QED) is 0.811. The predicted octanol–water partition coefficient (Wildman–Crippen LogP) is 0.540. The van der Waals surface area contributed by atoms with Gasteiger partial charge in [0.05, 0.1) is 6.54 Å². The van der Waals surface area contributed by atoms with Crippen molar-refractivity contribution in [1.82, 2.24) is 10.2 Å². The van der Waals surface area contributed by atoms with Crippen molar-refractivity contribution >= 4 is 11.8 Å². The summed E-state index contributed by atoms with van der Waals surface area (Å²) in [5, 5.41) is 2.92. The highest BCUT2D eigenvalue weighted by Crippen LogP contribution is 2.41. The van der Waals surface area contributed by atoms with Crippen molar-refractivity contribution in [2.45, 2.75) is 38.1 Å². The van der Waals surface area contributed by atoms with Gasteiger partial charge in [-0.15, -0.1) is 0 Å². The molecule has 2 amide bonds. The van der Waals surface area contributed by atoms with Crippen LogP contribution in [0.25, 0.3) is 0 Å². The monoisotopic (exact) mass is 266 g/mol. The number of rotatable bonds is 3. The Hall–Kier alpha value is -1.10. The van der Waals surface area contributed by atoms with Gasteiger partial charge in [0.25, 0.3) is 0 Å². The number of hydrogen-bond acceptors (Lipinski definition) is 3. The zero-order valence-corrected chi connectivity index (χ0v) is 11.5. The smallest absolute Gasteiger partial charge is 0.248 e. The first-order chi connectivity index (χ1) is 9.09. The maximum Gasteiger partial charge on any atom is 0.248 e. The van der Waals surface area contributed by atoms with E-state index in [0.717, 1.165) is 38.9 Å². The van der Waals surface area contributed by atoms with E-state index in [1.165, 1.54) is 0 Å². The van der Waals surface area contributed by atoms with Crippen LogP contribution in [0, 0.1) is 11.8 Å². The summed E-state index contributed by atoms with van der Waals surface area (Å²) in [6, 6.07) is 0. The van der Waals surface area contributed by atoms with Crippen LogP contribution in [0.15, 0.2) is 0 Å². The zero-order chi connectivity index (χ0) is 13.5. The molecule has 0 aromatic rings. The van der Waals surface area contributed by atoms with E-state index in [-0.39, 0.29) is 18.4 Å². The molecule has 2 aliphatic heterocycles. The zero-order valence-electron chi connectivity index (χ0n) is 11.5. The Morgan fingerprint density at radius 3 is 2.58 bits per heavy atom. The normalized spacial score (nSPS) is 33.4. The maximum absolute atomic E-state index is 12.6. The van der Waals surface area contributed by atoms with Gasteiger partial charge in [0.2, 0.25) is 11.8 Å². The summed E-state index contributed by atoms with van der Waals surface area (Å²) in [5.74, 6) is 0.913. The van der Waals surface area contributed by atoms with Gasteiger partial charge in [-0.05, 0) is 44.4 Å². The van der Waals surface area contributed by atoms with Crippen molar-refractivity contribution in [3.63, 3.8) is 0 Å². The lowest BCUT2D eigenvalue weighted by Gasteiger charge is -2.41. The second kappa shape index (κ2) is 4.78. The number of ether oxygens (including phenoxy) is 1. The second-order valence-electron chi connectivity index (χ2n) is 6.27. The molecule has 3 aliphatic rings. The first-order valence-electron chi connectivity index (χ1n) is 7.28. The highest BCUT2D eigenvalue weighted by atomic mass is 16.5. The van der Waals surface area contributed by atoms with Gasteiger partial charge in [-0.3, -0.25) is 9.59 Å². The summed E-state index contributed by atoms with van der Waals surface area (Å²) in [6.45, 7) is 4.37. The van der Waals surface area contributed by atoms with Crippen molar-refractivity contribution in [2.24, 2.45) is 11.8 Å². The molecule has 19 heavy (non-hydrogen) atoms. The molecule has 3 rings (SSSR count). The molecule has 0 radical (unpaired) electrons. The SMILES string of the molecule is CC1(C2CC2)NC(=O)CN(CC2CCOCC2)C1=O. The van der Waals surface area contributed by atoms with Gasteiger partial charge in [-0.25, -0.2) is 0 Å². The van der Waals surface area contributed by atoms with Crippen molar-refractivity contribution in [3.8, 4) is 0 Å². The number of amides is 2. The fourth-order valence-corrected chi connectivity index (χ4v) is 3.28. The van der Waals surface area contributed by atoms with Crippen LogP contribution in [0.4, 0.5) is 0 Å². The third kappa shape index (κ3) is 2.48. The van der Waals surface area contributed by atoms with Crippen LogP contribution in [0.3, 0.4) is 0 Å². The molecule has 5 nitrogen and oxygen atoms in total. The molecule has 1 unspecified atom stereocenters. The minimum atomic E-state index is -0.652. The van der Waals surface area contributed by atoms with Gasteiger partial charge >= 0.3 is 0 Å². The Morgan fingerprint density at radius 2 is 1.95 bits per heavy atom. The lowest BCUT2D eigenvalue weighted by atomic mass is 9.90. The van der Waals surface area contributed by atoms with Gasteiger partial charge in [0.1, 0.15) is 5.54 Å². The summed E-state index contributed by atoms with van der Waals surface area (Å²) in [7, 11) is 0. The van der Waals surface area contributed by atoms with E-state index in [9.17, 15) is 9.59 Å². The molecule has 0 spiro atoms. The van der Waals surface area contributed by atoms with Gasteiger partial charge < -0.3 is 15.0 Å². The molecule has 1 atom stereocenters. The van der Waals surface area contributed by atoms with E-state index < -0.39 is 5.54 Å². The molecular weight excluding hydrogens is 244 g/mol. The molecule has 0 bridgehead atoms. The van der Waals surface area contributed by atoms with E-state index in [1.54, 1.807) is 4.90 Å². The Kier molecular flexibility index (Phi) is 3.25. The summed E-state index contributed by atoms with van der Waals surface area (Å²) in [5.41, 5.74) is -0.652. The molecule has 1 saturated carbocycles. The maximum atomic E-state index is 12.6. The molecule has 0 aromatic heterocycles. The predicted molar refractivity (Wildman–Crippen MR) is 69.4 cm³/mol. The minimum Gasteiger partial charge on any atom is -0.381 e. The third-order valence-corrected chi connectivity index (χ3v) is 4.68. The summed E-state index contributed by atoms with van der Waals surface area (Å²) in [6.07, 6.45) is 4.08. The molecule has 0 aromatic carbocycles. The standard InChI is InChI=1S/C14H22N2O3/c1-14(11-2-3-11)13(18)16(9-12(17)15-14)8-10-4-6-19-7-5-10/h10-11H,2-9H2,1H3,(H,15,17). The average Bonchev–Trinajstić information content (AvgIpc) is 3.21. The van der Waals surface area contributed by atoms with Crippen molar-refractivity contribution in [2.75, 3.05) is 26.3 Å². The first kappa shape index (κ1) is 12.9. The highest BCUT2D eigenvalue weighted by molar-refractivity contribution is 5.98. The molecule has 3 fully saturated rings. The Morgan fingerprint density at radius 1 is 1.26 bits per heavy atom. The lowest BCUT2D eigenvalue weighted by Crippen LogP contribution is -2.66. The van der Waals surface area contributed by atoms with Crippen LogP contribution in [0.5, 0.6) is 0 Å². The molecule has 2 heterocycles. The van der Waals surface area contributed by atoms with Crippen LogP contribution < -0.4 is 5.32 Å². The molecule has 106 valence electrons. The average molecular weight is 266 g/mol. The van der Waals surface area contributed by atoms with E-state index in [2.05, 4.69) is 5.32 Å². The van der Waals surface area contributed by atoms with Crippen LogP contribution >= 0.6 is 0 Å². The summed E-state index contributed by atoms with van der Waals surface area (Å²) >= 11 is 0. The van der Waals surface area contributed by atoms with Crippen LogP contribution in [-0.2, 0) is 14.3 Å². The van der Waals surface area contributed by atoms with Gasteiger partial charge in [-0.2, -0.15) is 0 Å². The minimum absolute atomic E-state index is 0.0129. The fourth-order valence-electron chi connectivity index (χ4n) is 3.28. The largest absolute Gasteiger partial charge is 0.381 e. The molecule has 1 N–H and O–H groups in total. The number of nitrogens with zero attached hydrogens (tertiary/aromatic N) is 1. The number of hydrogen-bond donors (Lipinski definition) is 1. The van der Waals surface area contributed by atoms with Crippen LogP contribution in [0.1, 0.15) is 32.6 Å². The highest BCUT2D eigenvalue weighted by Gasteiger charge is 2.52. The van der Waals surface area contributed by atoms with E-state index in [0.29, 0.717) is 18.4 Å². The molecule has 1 aliphatic carbocycles. The summed E-state index contributed by atoms with van der Waals surface area (Å²) < 4.78 is 5.34. The number of carbonyl (C=O) groups excluding carboxylic acids is 2.